The van der Waals surface area contributed by atoms with Gasteiger partial charge in [0.2, 0.25) is 0 Å². The van der Waals surface area contributed by atoms with Crippen LogP contribution in [0, 0.1) is 0 Å². The van der Waals surface area contributed by atoms with Gasteiger partial charge in [-0.25, -0.2) is 0 Å². The first-order valence-corrected chi connectivity index (χ1v) is 9.44. The third-order valence-electron chi connectivity index (χ3n) is 4.64. The Labute approximate surface area is 130 Å². The molecule has 0 spiro atoms. The van der Waals surface area contributed by atoms with Gasteiger partial charge in [0.05, 0.1) is 13.2 Å². The predicted octanol–water partition coefficient (Wildman–Crippen LogP) is 3.64. The smallest absolute Gasteiger partial charge is 0.161 e. The topological polar surface area (TPSA) is 41.5 Å². The van der Waals surface area contributed by atoms with Crippen molar-refractivity contribution in [1.82, 2.24) is 0 Å². The second kappa shape index (κ2) is 6.93. The van der Waals surface area contributed by atoms with Gasteiger partial charge in [0.15, 0.2) is 11.5 Å². The van der Waals surface area contributed by atoms with Crippen LogP contribution in [0.3, 0.4) is 0 Å². The number of hydrogen-bond acceptors (Lipinski definition) is 3. The van der Waals surface area contributed by atoms with E-state index in [0.29, 0.717) is 12.0 Å². The summed E-state index contributed by atoms with van der Waals surface area (Å²) in [5.74, 6) is 3.88. The van der Waals surface area contributed by atoms with Crippen molar-refractivity contribution in [2.75, 3.05) is 18.6 Å². The third-order valence-corrected chi connectivity index (χ3v) is 6.02. The molecule has 0 bridgehead atoms. The molecule has 0 radical (unpaired) electrons. The van der Waals surface area contributed by atoms with Crippen molar-refractivity contribution in [3.63, 3.8) is 0 Å². The van der Waals surface area contributed by atoms with Gasteiger partial charge in [0.25, 0.3) is 0 Å². The van der Waals surface area contributed by atoms with Crippen LogP contribution in [0.5, 0.6) is 11.5 Å². The minimum Gasteiger partial charge on any atom is -0.616 e. The Bertz CT molecular complexity index is 463. The zero-order valence-electron chi connectivity index (χ0n) is 12.7. The summed E-state index contributed by atoms with van der Waals surface area (Å²) in [7, 11) is 1.69. The van der Waals surface area contributed by atoms with Gasteiger partial charge >= 0.3 is 0 Å². The molecule has 21 heavy (non-hydrogen) atoms. The van der Waals surface area contributed by atoms with Crippen LogP contribution in [-0.2, 0) is 11.2 Å². The highest BCUT2D eigenvalue weighted by atomic mass is 32.2. The van der Waals surface area contributed by atoms with E-state index in [1.807, 2.05) is 6.07 Å². The maximum absolute atomic E-state index is 11.5. The van der Waals surface area contributed by atoms with Gasteiger partial charge in [-0.15, -0.1) is 0 Å². The molecule has 2 fully saturated rings. The quantitative estimate of drug-likeness (QED) is 0.797. The van der Waals surface area contributed by atoms with E-state index in [0.717, 1.165) is 48.7 Å². The summed E-state index contributed by atoms with van der Waals surface area (Å²) in [5.41, 5.74) is 1.31. The summed E-state index contributed by atoms with van der Waals surface area (Å²) in [5, 5.41) is 0. The Kier molecular flexibility index (Phi) is 4.96. The number of rotatable bonds is 4. The van der Waals surface area contributed by atoms with Gasteiger partial charge in [-0.3, -0.25) is 0 Å². The molecule has 0 aromatic heterocycles. The Morgan fingerprint density at radius 3 is 2.43 bits per heavy atom. The summed E-state index contributed by atoms with van der Waals surface area (Å²) in [6.07, 6.45) is 7.20. The fraction of sp³-hybridized carbons (Fsp3) is 0.647. The molecular weight excluding hydrogens is 284 g/mol. The zero-order valence-corrected chi connectivity index (χ0v) is 13.5. The van der Waals surface area contributed by atoms with Crippen LogP contribution in [0.15, 0.2) is 18.2 Å². The van der Waals surface area contributed by atoms with Crippen molar-refractivity contribution in [2.45, 2.75) is 50.5 Å². The van der Waals surface area contributed by atoms with Crippen molar-refractivity contribution in [2.24, 2.45) is 0 Å². The van der Waals surface area contributed by atoms with E-state index in [9.17, 15) is 4.55 Å². The molecule has 1 aliphatic carbocycles. The summed E-state index contributed by atoms with van der Waals surface area (Å²) in [6, 6.07) is 6.31. The number of ether oxygens (including phenoxy) is 2. The maximum Gasteiger partial charge on any atom is 0.161 e. The molecule has 1 saturated heterocycles. The zero-order chi connectivity index (χ0) is 14.7. The molecule has 0 N–H and O–H groups in total. The van der Waals surface area contributed by atoms with E-state index in [4.69, 9.17) is 9.47 Å². The average molecular weight is 308 g/mol. The highest BCUT2D eigenvalue weighted by Gasteiger charge is 2.25. The van der Waals surface area contributed by atoms with E-state index in [2.05, 4.69) is 12.1 Å². The van der Waals surface area contributed by atoms with Gasteiger partial charge in [0, 0.05) is 0 Å². The number of methoxy groups -OCH3 is 1. The van der Waals surface area contributed by atoms with Gasteiger partial charge in [-0.1, -0.05) is 17.2 Å². The summed E-state index contributed by atoms with van der Waals surface area (Å²) >= 11 is -0.606. The standard InChI is InChI=1S/C17H24O3S/c1-19-16-7-6-14(13-8-10-21(18)11-9-13)12-17(16)20-15-4-2-3-5-15/h6-7,12-13,15H,2-5,8-11H2,1H3/t13-,21+. The Hall–Kier alpha value is -0.870. The molecule has 0 atom stereocenters. The minimum absolute atomic E-state index is 0.341. The molecule has 0 unspecified atom stereocenters. The van der Waals surface area contributed by atoms with Gasteiger partial charge in [-0.2, -0.15) is 0 Å². The molecule has 1 aromatic rings. The molecule has 3 rings (SSSR count). The first-order chi connectivity index (χ1) is 10.3. The summed E-state index contributed by atoms with van der Waals surface area (Å²) in [6.45, 7) is 0. The molecule has 1 saturated carbocycles. The molecule has 116 valence electrons. The van der Waals surface area contributed by atoms with Crippen molar-refractivity contribution in [1.29, 1.82) is 0 Å². The van der Waals surface area contributed by atoms with Crippen LogP contribution >= 0.6 is 0 Å². The van der Waals surface area contributed by atoms with Crippen LogP contribution in [0.4, 0.5) is 0 Å². The minimum atomic E-state index is -0.606. The van der Waals surface area contributed by atoms with Crippen LogP contribution in [0.1, 0.15) is 50.0 Å². The van der Waals surface area contributed by atoms with Crippen molar-refractivity contribution < 1.29 is 14.0 Å². The maximum atomic E-state index is 11.5. The summed E-state index contributed by atoms with van der Waals surface area (Å²) < 4.78 is 23.1. The lowest BCUT2D eigenvalue weighted by Gasteiger charge is -2.25. The Balaban J connectivity index is 1.75. The second-order valence-corrected chi connectivity index (χ2v) is 7.75. The van der Waals surface area contributed by atoms with Crippen LogP contribution < -0.4 is 9.47 Å². The molecule has 1 heterocycles. The van der Waals surface area contributed by atoms with Crippen molar-refractivity contribution in [3.8, 4) is 11.5 Å². The number of hydrogen-bond donors (Lipinski definition) is 0. The largest absolute Gasteiger partial charge is 0.616 e. The lowest BCUT2D eigenvalue weighted by molar-refractivity contribution is 0.200. The first-order valence-electron chi connectivity index (χ1n) is 7.96. The van der Waals surface area contributed by atoms with Crippen molar-refractivity contribution >= 4 is 11.2 Å². The predicted molar refractivity (Wildman–Crippen MR) is 85.7 cm³/mol. The van der Waals surface area contributed by atoms with E-state index in [1.165, 1.54) is 18.4 Å². The number of benzene rings is 1. The van der Waals surface area contributed by atoms with Crippen LogP contribution in [0.2, 0.25) is 0 Å². The Morgan fingerprint density at radius 1 is 1.05 bits per heavy atom. The van der Waals surface area contributed by atoms with Gasteiger partial charge < -0.3 is 14.0 Å². The highest BCUT2D eigenvalue weighted by molar-refractivity contribution is 7.91. The fourth-order valence-electron chi connectivity index (χ4n) is 3.35. The Morgan fingerprint density at radius 2 is 1.76 bits per heavy atom. The fourth-order valence-corrected chi connectivity index (χ4v) is 4.65. The van der Waals surface area contributed by atoms with E-state index in [-0.39, 0.29) is 0 Å². The average Bonchev–Trinajstić information content (AvgIpc) is 3.01. The molecule has 4 heteroatoms. The van der Waals surface area contributed by atoms with Crippen LogP contribution in [0.25, 0.3) is 0 Å². The molecule has 1 aliphatic heterocycles. The van der Waals surface area contributed by atoms with E-state index < -0.39 is 11.2 Å². The lowest BCUT2D eigenvalue weighted by Crippen LogP contribution is -2.22. The van der Waals surface area contributed by atoms with E-state index in [1.54, 1.807) is 7.11 Å². The summed E-state index contributed by atoms with van der Waals surface area (Å²) in [4.78, 5) is 0. The monoisotopic (exact) mass is 308 g/mol. The van der Waals surface area contributed by atoms with Gasteiger partial charge in [-0.05, 0) is 62.1 Å². The highest BCUT2D eigenvalue weighted by Crippen LogP contribution is 2.37. The molecule has 0 amide bonds. The molecular formula is C17H24O3S. The second-order valence-electron chi connectivity index (χ2n) is 6.06. The van der Waals surface area contributed by atoms with Gasteiger partial charge in [0.1, 0.15) is 11.5 Å². The molecule has 3 nitrogen and oxygen atoms in total. The lowest BCUT2D eigenvalue weighted by atomic mass is 9.93. The SMILES string of the molecule is COc1ccc([C@H]2CC[S@@+]([O-])CC2)cc1OC1CCCC1. The van der Waals surface area contributed by atoms with E-state index >= 15 is 0 Å². The van der Waals surface area contributed by atoms with Crippen molar-refractivity contribution in [3.05, 3.63) is 23.8 Å². The normalized spacial score (nSPS) is 26.8. The van der Waals surface area contributed by atoms with Crippen LogP contribution in [-0.4, -0.2) is 29.3 Å². The molecule has 2 aliphatic rings. The third kappa shape index (κ3) is 3.67. The molecule has 1 aromatic carbocycles. The first kappa shape index (κ1) is 15.0.